The minimum Gasteiger partial charge on any atom is -0.356 e. The van der Waals surface area contributed by atoms with E-state index in [0.29, 0.717) is 5.92 Å². The lowest BCUT2D eigenvalue weighted by molar-refractivity contribution is 0.417. The van der Waals surface area contributed by atoms with Crippen molar-refractivity contribution >= 4 is 5.82 Å². The quantitative estimate of drug-likeness (QED) is 0.726. The average Bonchev–Trinajstić information content (AvgIpc) is 2.02. The summed E-state index contributed by atoms with van der Waals surface area (Å²) in [4.78, 5) is 6.72. The molecule has 0 radical (unpaired) electrons. The number of hydrogen-bond acceptors (Lipinski definition) is 3. The molecule has 13 heavy (non-hydrogen) atoms. The van der Waals surface area contributed by atoms with E-state index in [1.807, 2.05) is 19.1 Å². The van der Waals surface area contributed by atoms with E-state index >= 15 is 0 Å². The molecule has 1 aliphatic heterocycles. The SMILES string of the molecule is Cc1cccc(N2CC(CN)C2)n1. The fourth-order valence-corrected chi connectivity index (χ4v) is 1.61. The molecular weight excluding hydrogens is 162 g/mol. The molecule has 1 fully saturated rings. The van der Waals surface area contributed by atoms with Crippen molar-refractivity contribution in [2.45, 2.75) is 6.92 Å². The van der Waals surface area contributed by atoms with Crippen LogP contribution in [0.25, 0.3) is 0 Å². The number of pyridine rings is 1. The Morgan fingerprint density at radius 1 is 1.54 bits per heavy atom. The number of rotatable bonds is 2. The smallest absolute Gasteiger partial charge is 0.128 e. The zero-order chi connectivity index (χ0) is 9.26. The summed E-state index contributed by atoms with van der Waals surface area (Å²) in [5.41, 5.74) is 6.63. The third-order valence-corrected chi connectivity index (χ3v) is 2.49. The van der Waals surface area contributed by atoms with E-state index in [9.17, 15) is 0 Å². The molecule has 1 aromatic rings. The Labute approximate surface area is 78.6 Å². The highest BCUT2D eigenvalue weighted by atomic mass is 15.2. The molecule has 1 saturated heterocycles. The largest absolute Gasteiger partial charge is 0.356 e. The van der Waals surface area contributed by atoms with Gasteiger partial charge in [-0.2, -0.15) is 0 Å². The van der Waals surface area contributed by atoms with Crippen LogP contribution in [0.5, 0.6) is 0 Å². The van der Waals surface area contributed by atoms with E-state index in [1.54, 1.807) is 0 Å². The number of nitrogens with two attached hydrogens (primary N) is 1. The highest BCUT2D eigenvalue weighted by Gasteiger charge is 2.25. The first-order chi connectivity index (χ1) is 6.29. The van der Waals surface area contributed by atoms with Gasteiger partial charge in [-0.15, -0.1) is 0 Å². The molecule has 0 atom stereocenters. The van der Waals surface area contributed by atoms with E-state index in [-0.39, 0.29) is 0 Å². The van der Waals surface area contributed by atoms with Gasteiger partial charge in [-0.25, -0.2) is 4.98 Å². The van der Waals surface area contributed by atoms with Gasteiger partial charge in [-0.05, 0) is 25.6 Å². The molecule has 0 amide bonds. The van der Waals surface area contributed by atoms with E-state index in [4.69, 9.17) is 5.73 Å². The van der Waals surface area contributed by atoms with Crippen LogP contribution >= 0.6 is 0 Å². The first-order valence-corrected chi connectivity index (χ1v) is 4.68. The maximum atomic E-state index is 5.56. The summed E-state index contributed by atoms with van der Waals surface area (Å²) in [5.74, 6) is 1.76. The van der Waals surface area contributed by atoms with Crippen LogP contribution in [0, 0.1) is 12.8 Å². The average molecular weight is 177 g/mol. The monoisotopic (exact) mass is 177 g/mol. The Bertz CT molecular complexity index is 292. The van der Waals surface area contributed by atoms with Crippen molar-refractivity contribution in [2.24, 2.45) is 11.7 Å². The van der Waals surface area contributed by atoms with Gasteiger partial charge in [0.15, 0.2) is 0 Å². The molecule has 3 nitrogen and oxygen atoms in total. The van der Waals surface area contributed by atoms with Gasteiger partial charge in [-0.3, -0.25) is 0 Å². The minimum absolute atomic E-state index is 0.669. The third kappa shape index (κ3) is 1.65. The second kappa shape index (κ2) is 3.34. The molecule has 3 heteroatoms. The van der Waals surface area contributed by atoms with Crippen molar-refractivity contribution in [2.75, 3.05) is 24.5 Å². The number of nitrogens with zero attached hydrogens (tertiary/aromatic N) is 2. The molecule has 2 rings (SSSR count). The van der Waals surface area contributed by atoms with Gasteiger partial charge < -0.3 is 10.6 Å². The number of aryl methyl sites for hydroxylation is 1. The standard InChI is InChI=1S/C10H15N3/c1-8-3-2-4-10(12-8)13-6-9(5-11)7-13/h2-4,9H,5-7,11H2,1H3. The van der Waals surface area contributed by atoms with Gasteiger partial charge in [0.1, 0.15) is 5.82 Å². The van der Waals surface area contributed by atoms with Crippen molar-refractivity contribution in [3.8, 4) is 0 Å². The van der Waals surface area contributed by atoms with Crippen molar-refractivity contribution in [1.29, 1.82) is 0 Å². The van der Waals surface area contributed by atoms with Crippen LogP contribution in [0.1, 0.15) is 5.69 Å². The van der Waals surface area contributed by atoms with Crippen LogP contribution in [0.3, 0.4) is 0 Å². The number of anilines is 1. The van der Waals surface area contributed by atoms with Crippen LogP contribution in [-0.4, -0.2) is 24.6 Å². The van der Waals surface area contributed by atoms with Crippen LogP contribution in [-0.2, 0) is 0 Å². The van der Waals surface area contributed by atoms with Crippen molar-refractivity contribution in [3.63, 3.8) is 0 Å². The van der Waals surface area contributed by atoms with Crippen LogP contribution in [0.4, 0.5) is 5.82 Å². The zero-order valence-corrected chi connectivity index (χ0v) is 7.90. The molecule has 70 valence electrons. The molecule has 0 spiro atoms. The van der Waals surface area contributed by atoms with E-state index in [2.05, 4.69) is 16.0 Å². The van der Waals surface area contributed by atoms with E-state index in [0.717, 1.165) is 31.1 Å². The second-order valence-electron chi connectivity index (χ2n) is 3.64. The fraction of sp³-hybridized carbons (Fsp3) is 0.500. The zero-order valence-electron chi connectivity index (χ0n) is 7.90. The Hall–Kier alpha value is -1.09. The normalized spacial score (nSPS) is 17.2. The summed E-state index contributed by atoms with van der Waals surface area (Å²) in [5, 5.41) is 0. The lowest BCUT2D eigenvalue weighted by Crippen LogP contribution is -2.50. The highest BCUT2D eigenvalue weighted by molar-refractivity contribution is 5.42. The summed E-state index contributed by atoms with van der Waals surface area (Å²) in [6.07, 6.45) is 0. The Kier molecular flexibility index (Phi) is 2.19. The van der Waals surface area contributed by atoms with Gasteiger partial charge in [-0.1, -0.05) is 6.07 Å². The summed E-state index contributed by atoms with van der Waals surface area (Å²) in [6.45, 7) is 4.94. The molecule has 0 aliphatic carbocycles. The van der Waals surface area contributed by atoms with Gasteiger partial charge in [0.2, 0.25) is 0 Å². The minimum atomic E-state index is 0.669. The lowest BCUT2D eigenvalue weighted by atomic mass is 10.0. The maximum Gasteiger partial charge on any atom is 0.128 e. The Morgan fingerprint density at radius 2 is 2.31 bits per heavy atom. The van der Waals surface area contributed by atoms with Gasteiger partial charge >= 0.3 is 0 Å². The van der Waals surface area contributed by atoms with Crippen LogP contribution < -0.4 is 10.6 Å². The predicted molar refractivity (Wildman–Crippen MR) is 53.7 cm³/mol. The predicted octanol–water partition coefficient (Wildman–Crippen LogP) is 0.785. The summed E-state index contributed by atoms with van der Waals surface area (Å²) >= 11 is 0. The third-order valence-electron chi connectivity index (χ3n) is 2.49. The summed E-state index contributed by atoms with van der Waals surface area (Å²) in [6, 6.07) is 6.12. The van der Waals surface area contributed by atoms with Crippen molar-refractivity contribution in [1.82, 2.24) is 4.98 Å². The van der Waals surface area contributed by atoms with Gasteiger partial charge in [0, 0.05) is 24.7 Å². The highest BCUT2D eigenvalue weighted by Crippen LogP contribution is 2.21. The molecule has 0 unspecified atom stereocenters. The molecule has 2 heterocycles. The number of aromatic nitrogens is 1. The van der Waals surface area contributed by atoms with Crippen LogP contribution in [0.2, 0.25) is 0 Å². The first kappa shape index (κ1) is 8.51. The Morgan fingerprint density at radius 3 is 2.92 bits per heavy atom. The van der Waals surface area contributed by atoms with E-state index < -0.39 is 0 Å². The summed E-state index contributed by atoms with van der Waals surface area (Å²) < 4.78 is 0. The number of hydrogen-bond donors (Lipinski definition) is 1. The van der Waals surface area contributed by atoms with Crippen LogP contribution in [0.15, 0.2) is 18.2 Å². The first-order valence-electron chi connectivity index (χ1n) is 4.68. The molecular formula is C10H15N3. The maximum absolute atomic E-state index is 5.56. The molecule has 1 aliphatic rings. The fourth-order valence-electron chi connectivity index (χ4n) is 1.61. The van der Waals surface area contributed by atoms with Gasteiger partial charge in [0.25, 0.3) is 0 Å². The molecule has 0 bridgehead atoms. The summed E-state index contributed by atoms with van der Waals surface area (Å²) in [7, 11) is 0. The Balaban J connectivity index is 2.03. The molecule has 2 N–H and O–H groups in total. The molecule has 1 aromatic heterocycles. The molecule has 0 saturated carbocycles. The van der Waals surface area contributed by atoms with E-state index in [1.165, 1.54) is 0 Å². The van der Waals surface area contributed by atoms with Crippen molar-refractivity contribution in [3.05, 3.63) is 23.9 Å². The lowest BCUT2D eigenvalue weighted by Gasteiger charge is -2.39. The molecule has 0 aromatic carbocycles. The van der Waals surface area contributed by atoms with Crippen molar-refractivity contribution < 1.29 is 0 Å². The topological polar surface area (TPSA) is 42.1 Å². The second-order valence-corrected chi connectivity index (χ2v) is 3.64. The van der Waals surface area contributed by atoms with Gasteiger partial charge in [0.05, 0.1) is 0 Å².